The van der Waals surface area contributed by atoms with Crippen LogP contribution in [0.3, 0.4) is 0 Å². The summed E-state index contributed by atoms with van der Waals surface area (Å²) in [6.45, 7) is 0.399. The Morgan fingerprint density at radius 2 is 1.64 bits per heavy atom. The Morgan fingerprint density at radius 1 is 0.964 bits per heavy atom. The largest absolute Gasteiger partial charge is 0.489 e. The number of benzene rings is 2. The number of carbonyl (C=O) groups is 4. The van der Waals surface area contributed by atoms with E-state index in [9.17, 15) is 36.4 Å². The quantitative estimate of drug-likeness (QED) is 0.144. The van der Waals surface area contributed by atoms with Gasteiger partial charge in [0, 0.05) is 65.0 Å². The fourth-order valence-corrected chi connectivity index (χ4v) is 7.91. The number of hydrogen-bond acceptors (Lipinski definition) is 11. The lowest BCUT2D eigenvalue weighted by Crippen LogP contribution is -2.50. The van der Waals surface area contributed by atoms with Crippen molar-refractivity contribution in [3.05, 3.63) is 81.1 Å². The summed E-state index contributed by atoms with van der Waals surface area (Å²) in [6.07, 6.45) is 4.32. The van der Waals surface area contributed by atoms with E-state index >= 15 is 0 Å². The second kappa shape index (κ2) is 17.3. The van der Waals surface area contributed by atoms with Crippen molar-refractivity contribution in [2.45, 2.75) is 38.9 Å². The molecule has 2 aliphatic heterocycles. The molecule has 2 fully saturated rings. The molecule has 3 aliphatic rings. The number of piperazine rings is 1. The van der Waals surface area contributed by atoms with E-state index in [1.165, 1.54) is 55.7 Å². The number of fused-ring (bicyclic) bond motifs is 1. The lowest BCUT2D eigenvalue weighted by Gasteiger charge is -2.35. The zero-order valence-corrected chi connectivity index (χ0v) is 32.8. The van der Waals surface area contributed by atoms with Crippen LogP contribution in [0.5, 0.6) is 11.5 Å². The van der Waals surface area contributed by atoms with Crippen LogP contribution in [0, 0.1) is 5.92 Å². The lowest BCUT2D eigenvalue weighted by molar-refractivity contribution is -0.149. The van der Waals surface area contributed by atoms with E-state index in [-0.39, 0.29) is 69.8 Å². The highest BCUT2D eigenvalue weighted by molar-refractivity contribution is 7.92. The van der Waals surface area contributed by atoms with Crippen LogP contribution in [0.2, 0.25) is 10.0 Å². The van der Waals surface area contributed by atoms with Gasteiger partial charge in [0.05, 0.1) is 39.7 Å². The Hall–Kier alpha value is -4.58. The van der Waals surface area contributed by atoms with Gasteiger partial charge in [0.2, 0.25) is 15.9 Å². The molecular formula is C37H39Cl2F2N5O9S. The Balaban J connectivity index is 1.20. The molecule has 3 aromatic rings. The summed E-state index contributed by atoms with van der Waals surface area (Å²) in [5, 5.41) is 0.326. The number of alkyl halides is 2. The first-order valence-corrected chi connectivity index (χ1v) is 20.3. The van der Waals surface area contributed by atoms with Crippen LogP contribution < -0.4 is 13.8 Å². The van der Waals surface area contributed by atoms with Crippen molar-refractivity contribution >= 4 is 62.6 Å². The van der Waals surface area contributed by atoms with Crippen molar-refractivity contribution in [1.29, 1.82) is 0 Å². The molecule has 2 aromatic carbocycles. The number of sulfonamides is 1. The number of rotatable bonds is 16. The number of imide groups is 1. The first kappa shape index (κ1) is 41.1. The lowest BCUT2D eigenvalue weighted by atomic mass is 10.0. The average Bonchev–Trinajstić information content (AvgIpc) is 3.95. The van der Waals surface area contributed by atoms with Gasteiger partial charge in [-0.15, -0.1) is 0 Å². The number of anilines is 1. The van der Waals surface area contributed by atoms with Gasteiger partial charge in [-0.3, -0.25) is 38.3 Å². The maximum absolute atomic E-state index is 13.7. The van der Waals surface area contributed by atoms with Gasteiger partial charge in [-0.2, -0.15) is 8.78 Å². The van der Waals surface area contributed by atoms with Crippen LogP contribution in [0.25, 0.3) is 0 Å². The summed E-state index contributed by atoms with van der Waals surface area (Å²) in [4.78, 5) is 60.8. The molecule has 1 aliphatic carbocycles. The summed E-state index contributed by atoms with van der Waals surface area (Å²) >= 11 is 12.8. The summed E-state index contributed by atoms with van der Waals surface area (Å²) in [7, 11) is -3.83. The van der Waals surface area contributed by atoms with Gasteiger partial charge in [0.15, 0.2) is 11.5 Å². The van der Waals surface area contributed by atoms with Crippen LogP contribution in [-0.4, -0.2) is 117 Å². The number of pyridine rings is 1. The van der Waals surface area contributed by atoms with Crippen molar-refractivity contribution < 1.29 is 50.6 Å². The number of halogens is 4. The van der Waals surface area contributed by atoms with E-state index in [1.54, 1.807) is 4.90 Å². The summed E-state index contributed by atoms with van der Waals surface area (Å²) in [5.41, 5.74) is 0.687. The van der Waals surface area contributed by atoms with Gasteiger partial charge in [-0.1, -0.05) is 29.3 Å². The maximum Gasteiger partial charge on any atom is 0.387 e. The third kappa shape index (κ3) is 9.86. The molecule has 1 unspecified atom stereocenters. The van der Waals surface area contributed by atoms with Crippen LogP contribution >= 0.6 is 23.2 Å². The Kier molecular flexibility index (Phi) is 12.7. The molecule has 56 heavy (non-hydrogen) atoms. The minimum absolute atomic E-state index is 0.00230. The minimum Gasteiger partial charge on any atom is -0.489 e. The molecule has 3 heterocycles. The third-order valence-corrected chi connectivity index (χ3v) is 11.6. The number of aromatic nitrogens is 1. The van der Waals surface area contributed by atoms with Gasteiger partial charge in [-0.05, 0) is 60.2 Å². The normalized spacial score (nSPS) is 16.6. The smallest absolute Gasteiger partial charge is 0.387 e. The molecule has 14 nitrogen and oxygen atoms in total. The second-order valence-corrected chi connectivity index (χ2v) is 16.4. The fourth-order valence-electron chi connectivity index (χ4n) is 6.48. The Morgan fingerprint density at radius 3 is 2.27 bits per heavy atom. The molecule has 1 saturated carbocycles. The molecule has 3 amide bonds. The average molecular weight is 839 g/mol. The zero-order valence-electron chi connectivity index (χ0n) is 30.5. The van der Waals surface area contributed by atoms with E-state index in [1.807, 2.05) is 4.90 Å². The van der Waals surface area contributed by atoms with Crippen molar-refractivity contribution in [1.82, 2.24) is 19.7 Å². The van der Waals surface area contributed by atoms with Crippen LogP contribution in [-0.2, 0) is 30.8 Å². The highest BCUT2D eigenvalue weighted by Gasteiger charge is 2.39. The molecule has 1 atom stereocenters. The maximum atomic E-state index is 13.7. The highest BCUT2D eigenvalue weighted by atomic mass is 35.5. The van der Waals surface area contributed by atoms with Gasteiger partial charge in [0.25, 0.3) is 11.8 Å². The van der Waals surface area contributed by atoms with E-state index in [0.29, 0.717) is 48.8 Å². The van der Waals surface area contributed by atoms with Crippen molar-refractivity contribution in [2.24, 2.45) is 5.92 Å². The fraction of sp³-hybridized carbons (Fsp3) is 0.432. The standard InChI is InChI=1S/C37H39Cl2F2N5O9S/c1-22(47)44-12-9-43(10-13-44)11-14-46(56(2,51)52)25-6-7-26-27(16-25)36(50)45(35(26)49)20-34(48)54-32(17-28-29(38)18-42-19-30(28)39)24-5-8-31(55-37(40)41)33(15-24)53-21-23-3-4-23/h5-8,15-16,18-19,23,32,37H,3-4,9-14,17,20-21H2,1-2H3. The van der Waals surface area contributed by atoms with Crippen LogP contribution in [0.4, 0.5) is 14.5 Å². The van der Waals surface area contributed by atoms with Crippen LogP contribution in [0.1, 0.15) is 57.7 Å². The zero-order chi connectivity index (χ0) is 40.3. The van der Waals surface area contributed by atoms with Crippen molar-refractivity contribution in [3.63, 3.8) is 0 Å². The molecule has 0 radical (unpaired) electrons. The molecule has 19 heteroatoms. The first-order chi connectivity index (χ1) is 26.6. The number of ether oxygens (including phenoxy) is 3. The van der Waals surface area contributed by atoms with E-state index in [2.05, 4.69) is 9.72 Å². The molecule has 0 N–H and O–H groups in total. The molecule has 1 saturated heterocycles. The summed E-state index contributed by atoms with van der Waals surface area (Å²) in [6, 6.07) is 8.13. The van der Waals surface area contributed by atoms with Gasteiger partial charge >= 0.3 is 12.6 Å². The first-order valence-electron chi connectivity index (χ1n) is 17.7. The topological polar surface area (TPSA) is 156 Å². The third-order valence-electron chi connectivity index (χ3n) is 9.71. The van der Waals surface area contributed by atoms with Gasteiger partial charge in [0.1, 0.15) is 12.6 Å². The minimum atomic E-state index is -3.83. The number of esters is 1. The molecule has 300 valence electrons. The summed E-state index contributed by atoms with van der Waals surface area (Å²) < 4.78 is 69.8. The molecular weight excluding hydrogens is 799 g/mol. The molecule has 0 bridgehead atoms. The van der Waals surface area contributed by atoms with Crippen molar-refractivity contribution in [2.75, 3.05) is 63.0 Å². The predicted octanol–water partition coefficient (Wildman–Crippen LogP) is 4.83. The number of carbonyl (C=O) groups excluding carboxylic acids is 4. The monoisotopic (exact) mass is 837 g/mol. The van der Waals surface area contributed by atoms with Crippen molar-refractivity contribution in [3.8, 4) is 11.5 Å². The number of hydrogen-bond donors (Lipinski definition) is 0. The number of nitrogens with zero attached hydrogens (tertiary/aromatic N) is 5. The van der Waals surface area contributed by atoms with E-state index in [4.69, 9.17) is 32.7 Å². The predicted molar refractivity (Wildman–Crippen MR) is 201 cm³/mol. The van der Waals surface area contributed by atoms with Gasteiger partial charge < -0.3 is 19.1 Å². The molecule has 1 aromatic heterocycles. The highest BCUT2D eigenvalue weighted by Crippen LogP contribution is 2.38. The second-order valence-electron chi connectivity index (χ2n) is 13.7. The molecule has 0 spiro atoms. The number of amides is 3. The molecule has 6 rings (SSSR count). The SMILES string of the molecule is CC(=O)N1CCN(CCN(c2ccc3c(c2)C(=O)N(CC(=O)OC(Cc2c(Cl)cncc2Cl)c2ccc(OC(F)F)c(OCC4CC4)c2)C3=O)S(C)(=O)=O)CC1. The summed E-state index contributed by atoms with van der Waals surface area (Å²) in [5.74, 6) is -2.60. The van der Waals surface area contributed by atoms with E-state index in [0.717, 1.165) is 23.4 Å². The van der Waals surface area contributed by atoms with E-state index < -0.39 is 47.1 Å². The Bertz CT molecular complexity index is 2100. The Labute approximate surface area is 332 Å². The van der Waals surface area contributed by atoms with Crippen LogP contribution in [0.15, 0.2) is 48.8 Å². The van der Waals surface area contributed by atoms with Gasteiger partial charge in [-0.25, -0.2) is 8.42 Å².